The van der Waals surface area contributed by atoms with Crippen LogP contribution in [0.15, 0.2) is 60.7 Å². The third kappa shape index (κ3) is 5.56. The second-order valence-electron chi connectivity index (χ2n) is 6.70. The molecule has 0 aliphatic heterocycles. The number of aromatic nitrogens is 2. The van der Waals surface area contributed by atoms with Gasteiger partial charge in [0.15, 0.2) is 0 Å². The molecule has 3 aromatic rings. The summed E-state index contributed by atoms with van der Waals surface area (Å²) in [7, 11) is 3.42. The van der Waals surface area contributed by atoms with E-state index in [1.807, 2.05) is 54.6 Å². The number of rotatable bonds is 6. The highest BCUT2D eigenvalue weighted by Gasteiger charge is 2.20. The number of imidazole rings is 1. The van der Waals surface area contributed by atoms with Crippen molar-refractivity contribution in [3.8, 4) is 11.3 Å². The van der Waals surface area contributed by atoms with E-state index in [0.29, 0.717) is 23.6 Å². The summed E-state index contributed by atoms with van der Waals surface area (Å²) in [6.45, 7) is 0. The van der Waals surface area contributed by atoms with E-state index >= 15 is 0 Å². The van der Waals surface area contributed by atoms with Gasteiger partial charge in [-0.2, -0.15) is 0 Å². The van der Waals surface area contributed by atoms with E-state index in [-0.39, 0.29) is 18.3 Å². The fourth-order valence-corrected chi connectivity index (χ4v) is 2.84. The van der Waals surface area contributed by atoms with Gasteiger partial charge in [0.1, 0.15) is 17.2 Å². The molecule has 8 heteroatoms. The number of carbonyl (C=O) groups is 2. The smallest absolute Gasteiger partial charge is 0.272 e. The molecule has 156 valence electrons. The minimum absolute atomic E-state index is 0. The van der Waals surface area contributed by atoms with Gasteiger partial charge in [-0.05, 0) is 17.2 Å². The fourth-order valence-electron chi connectivity index (χ4n) is 2.84. The second kappa shape index (κ2) is 10.4. The Labute approximate surface area is 180 Å². The number of hydroxylamine groups is 1. The van der Waals surface area contributed by atoms with Crippen LogP contribution in [0.25, 0.3) is 17.3 Å². The average molecular weight is 427 g/mol. The fraction of sp³-hybridized carbons (Fsp3) is 0.136. The maximum absolute atomic E-state index is 12.6. The van der Waals surface area contributed by atoms with Crippen molar-refractivity contribution in [2.24, 2.45) is 0 Å². The molecule has 30 heavy (non-hydrogen) atoms. The van der Waals surface area contributed by atoms with Gasteiger partial charge in [0, 0.05) is 32.2 Å². The standard InChI is InChI=1S/C22H22N4O3.ClH/c1-26(2)22(28)21-20(17-6-4-3-5-7-17)23-18(24-21)14-16-10-8-15(9-11-16)12-13-19(27)25-29;/h3-13,29H,14H2,1-2H3,(H,23,24)(H,25,27);1H/b13-12+;. The van der Waals surface area contributed by atoms with Crippen molar-refractivity contribution in [1.82, 2.24) is 20.3 Å². The van der Waals surface area contributed by atoms with Gasteiger partial charge in [0.05, 0.1) is 0 Å². The van der Waals surface area contributed by atoms with Crippen LogP contribution in [0.2, 0.25) is 0 Å². The summed E-state index contributed by atoms with van der Waals surface area (Å²) in [4.78, 5) is 33.0. The molecule has 1 aromatic heterocycles. The maximum Gasteiger partial charge on any atom is 0.272 e. The molecule has 0 aliphatic carbocycles. The van der Waals surface area contributed by atoms with Gasteiger partial charge in [-0.15, -0.1) is 12.4 Å². The summed E-state index contributed by atoms with van der Waals surface area (Å²) in [6, 6.07) is 17.2. The van der Waals surface area contributed by atoms with E-state index in [9.17, 15) is 9.59 Å². The Morgan fingerprint density at radius 1 is 1.10 bits per heavy atom. The number of H-pyrrole nitrogens is 1. The van der Waals surface area contributed by atoms with E-state index in [1.54, 1.807) is 25.7 Å². The third-order valence-corrected chi connectivity index (χ3v) is 4.31. The second-order valence-corrected chi connectivity index (χ2v) is 6.70. The van der Waals surface area contributed by atoms with Crippen molar-refractivity contribution >= 4 is 30.3 Å². The molecule has 0 bridgehead atoms. The summed E-state index contributed by atoms with van der Waals surface area (Å²) < 4.78 is 0. The zero-order valence-electron chi connectivity index (χ0n) is 16.6. The summed E-state index contributed by atoms with van der Waals surface area (Å²) in [5.74, 6) is -0.0292. The topological polar surface area (TPSA) is 98.3 Å². The van der Waals surface area contributed by atoms with Gasteiger partial charge in [-0.3, -0.25) is 14.8 Å². The van der Waals surface area contributed by atoms with E-state index in [2.05, 4.69) is 9.97 Å². The number of carbonyl (C=O) groups excluding carboxylic acids is 2. The van der Waals surface area contributed by atoms with Crippen LogP contribution in [0.5, 0.6) is 0 Å². The lowest BCUT2D eigenvalue weighted by Gasteiger charge is -2.09. The molecule has 0 fully saturated rings. The van der Waals surface area contributed by atoms with Gasteiger partial charge in [-0.1, -0.05) is 54.6 Å². The molecule has 0 spiro atoms. The first-order valence-corrected chi connectivity index (χ1v) is 9.05. The number of aromatic amines is 1. The zero-order chi connectivity index (χ0) is 20.8. The Morgan fingerprint density at radius 3 is 2.37 bits per heavy atom. The molecule has 2 amide bonds. The third-order valence-electron chi connectivity index (χ3n) is 4.31. The minimum Gasteiger partial charge on any atom is -0.343 e. The van der Waals surface area contributed by atoms with Crippen molar-refractivity contribution in [3.05, 3.63) is 83.3 Å². The molecule has 0 aliphatic rings. The summed E-state index contributed by atoms with van der Waals surface area (Å²) >= 11 is 0. The highest BCUT2D eigenvalue weighted by molar-refractivity contribution is 5.98. The highest BCUT2D eigenvalue weighted by Crippen LogP contribution is 2.23. The molecule has 3 N–H and O–H groups in total. The number of nitrogens with zero attached hydrogens (tertiary/aromatic N) is 2. The Morgan fingerprint density at radius 2 is 1.77 bits per heavy atom. The molecule has 1 heterocycles. The first kappa shape index (κ1) is 22.9. The maximum atomic E-state index is 12.6. The summed E-state index contributed by atoms with van der Waals surface area (Å²) in [5.41, 5.74) is 5.35. The quantitative estimate of drug-likeness (QED) is 0.320. The predicted octanol–water partition coefficient (Wildman–Crippen LogP) is 3.31. The van der Waals surface area contributed by atoms with Crippen LogP contribution < -0.4 is 5.48 Å². The van der Waals surface area contributed by atoms with Gasteiger partial charge < -0.3 is 9.88 Å². The van der Waals surface area contributed by atoms with Crippen molar-refractivity contribution in [2.75, 3.05) is 14.1 Å². The molecule has 3 rings (SSSR count). The first-order chi connectivity index (χ1) is 14.0. The molecule has 0 atom stereocenters. The monoisotopic (exact) mass is 426 g/mol. The van der Waals surface area contributed by atoms with Crippen molar-refractivity contribution in [1.29, 1.82) is 0 Å². The Hall–Kier alpha value is -3.42. The van der Waals surface area contributed by atoms with E-state index in [0.717, 1.165) is 16.7 Å². The van der Waals surface area contributed by atoms with Gasteiger partial charge in [0.25, 0.3) is 11.8 Å². The molecule has 2 aromatic carbocycles. The lowest BCUT2D eigenvalue weighted by atomic mass is 10.1. The van der Waals surface area contributed by atoms with Crippen molar-refractivity contribution in [2.45, 2.75) is 6.42 Å². The van der Waals surface area contributed by atoms with E-state index in [1.165, 1.54) is 11.0 Å². The van der Waals surface area contributed by atoms with Crippen LogP contribution in [-0.2, 0) is 11.2 Å². The SMILES string of the molecule is CN(C)C(=O)c1[nH]c(Cc2ccc(/C=C/C(=O)NO)cc2)nc1-c1ccccc1.Cl. The van der Waals surface area contributed by atoms with Gasteiger partial charge in [-0.25, -0.2) is 10.5 Å². The summed E-state index contributed by atoms with van der Waals surface area (Å²) in [5, 5.41) is 8.51. The van der Waals surface area contributed by atoms with Gasteiger partial charge >= 0.3 is 0 Å². The van der Waals surface area contributed by atoms with Crippen LogP contribution in [0, 0.1) is 0 Å². The largest absolute Gasteiger partial charge is 0.343 e. The normalized spacial score (nSPS) is 10.5. The number of nitrogens with one attached hydrogen (secondary N) is 2. The molecule has 0 saturated carbocycles. The molecular formula is C22H23ClN4O3. The van der Waals surface area contributed by atoms with Crippen LogP contribution in [0.3, 0.4) is 0 Å². The first-order valence-electron chi connectivity index (χ1n) is 9.05. The van der Waals surface area contributed by atoms with Crippen LogP contribution in [0.1, 0.15) is 27.4 Å². The minimum atomic E-state index is -0.587. The number of amides is 2. The number of benzene rings is 2. The average Bonchev–Trinajstić information content (AvgIpc) is 3.16. The number of hydrogen-bond acceptors (Lipinski definition) is 4. The molecule has 0 saturated heterocycles. The highest BCUT2D eigenvalue weighted by atomic mass is 35.5. The lowest BCUT2D eigenvalue weighted by molar-refractivity contribution is -0.124. The zero-order valence-corrected chi connectivity index (χ0v) is 17.4. The Bertz CT molecular complexity index is 1030. The van der Waals surface area contributed by atoms with Crippen molar-refractivity contribution in [3.63, 3.8) is 0 Å². The lowest BCUT2D eigenvalue weighted by Crippen LogP contribution is -2.22. The molecular weight excluding hydrogens is 404 g/mol. The predicted molar refractivity (Wildman–Crippen MR) is 118 cm³/mol. The number of hydrogen-bond donors (Lipinski definition) is 3. The van der Waals surface area contributed by atoms with Crippen molar-refractivity contribution < 1.29 is 14.8 Å². The van der Waals surface area contributed by atoms with Gasteiger partial charge in [0.2, 0.25) is 0 Å². The summed E-state index contributed by atoms with van der Waals surface area (Å²) in [6.07, 6.45) is 3.37. The van der Waals surface area contributed by atoms with Crippen LogP contribution >= 0.6 is 12.4 Å². The van der Waals surface area contributed by atoms with Crippen LogP contribution in [0.4, 0.5) is 0 Å². The molecule has 7 nitrogen and oxygen atoms in total. The molecule has 0 unspecified atom stereocenters. The number of halogens is 1. The molecule has 0 radical (unpaired) electrons. The van der Waals surface area contributed by atoms with E-state index < -0.39 is 5.91 Å². The van der Waals surface area contributed by atoms with Crippen LogP contribution in [-0.4, -0.2) is 46.0 Å². The Balaban J connectivity index is 0.00000320. The van der Waals surface area contributed by atoms with E-state index in [4.69, 9.17) is 5.21 Å². The Kier molecular flexibility index (Phi) is 7.91.